The van der Waals surface area contributed by atoms with E-state index in [0.717, 1.165) is 29.9 Å². The van der Waals surface area contributed by atoms with Gasteiger partial charge in [-0.15, -0.1) is 0 Å². The number of hydrogen-bond acceptors (Lipinski definition) is 4. The molecule has 0 bridgehead atoms. The Balaban J connectivity index is 0.000000186. The standard InChI is InChI=1S/C14H10BrIN2O2S.C8H5BrIN/c1-9-2-4-11(5-3-9)21(19,20)18-8-13(16)12-6-10(15)7-17-14(12)18;9-5-3-6-7(10)1-2-8(6)11-4-5/h2-8H,1H3;1,3-4H,2H2. The summed E-state index contributed by atoms with van der Waals surface area (Å²) in [6, 6.07) is 10.8. The predicted octanol–water partition coefficient (Wildman–Crippen LogP) is 7.12. The normalized spacial score (nSPS) is 12.8. The van der Waals surface area contributed by atoms with Crippen LogP contribution in [0.1, 0.15) is 16.8 Å². The third-order valence-corrected chi connectivity index (χ3v) is 9.19. The number of halogens is 4. The van der Waals surface area contributed by atoms with E-state index in [1.807, 2.05) is 19.2 Å². The van der Waals surface area contributed by atoms with Gasteiger partial charge in [-0.05, 0) is 108 Å². The van der Waals surface area contributed by atoms with Gasteiger partial charge < -0.3 is 0 Å². The van der Waals surface area contributed by atoms with Gasteiger partial charge in [0.05, 0.1) is 10.6 Å². The second-order valence-electron chi connectivity index (χ2n) is 7.02. The highest BCUT2D eigenvalue weighted by molar-refractivity contribution is 14.1. The second-order valence-corrected chi connectivity index (χ2v) is 13.0. The lowest BCUT2D eigenvalue weighted by molar-refractivity contribution is 0.588. The molecule has 4 aromatic rings. The minimum atomic E-state index is -3.64. The Bertz CT molecular complexity index is 1470. The van der Waals surface area contributed by atoms with Crippen LogP contribution in [-0.2, 0) is 16.4 Å². The molecule has 5 rings (SSSR count). The van der Waals surface area contributed by atoms with E-state index in [1.54, 1.807) is 36.7 Å². The number of aryl methyl sites for hydroxylation is 1. The minimum absolute atomic E-state index is 0.256. The number of nitrogens with zero attached hydrogens (tertiary/aromatic N) is 3. The van der Waals surface area contributed by atoms with E-state index in [9.17, 15) is 8.42 Å². The summed E-state index contributed by atoms with van der Waals surface area (Å²) in [7, 11) is -3.64. The summed E-state index contributed by atoms with van der Waals surface area (Å²) in [5.41, 5.74) is 3.92. The average Bonchev–Trinajstić information content (AvgIpc) is 3.29. The molecule has 164 valence electrons. The first-order valence-corrected chi connectivity index (χ1v) is 14.5. The zero-order valence-electron chi connectivity index (χ0n) is 16.6. The number of hydrogen-bond donors (Lipinski definition) is 0. The lowest BCUT2D eigenvalue weighted by atomic mass is 10.2. The largest absolute Gasteiger partial charge is 0.269 e. The van der Waals surface area contributed by atoms with Crippen molar-refractivity contribution in [2.24, 2.45) is 0 Å². The van der Waals surface area contributed by atoms with Gasteiger partial charge in [-0.2, -0.15) is 0 Å². The van der Waals surface area contributed by atoms with Crippen molar-refractivity contribution >= 4 is 102 Å². The molecule has 0 spiro atoms. The molecule has 3 aromatic heterocycles. The lowest BCUT2D eigenvalue weighted by Crippen LogP contribution is -2.12. The first-order valence-electron chi connectivity index (χ1n) is 9.31. The fourth-order valence-corrected chi connectivity index (χ4v) is 6.70. The van der Waals surface area contributed by atoms with Crippen LogP contribution < -0.4 is 0 Å². The average molecular weight is 799 g/mol. The highest BCUT2D eigenvalue weighted by Crippen LogP contribution is 2.32. The summed E-state index contributed by atoms with van der Waals surface area (Å²) in [4.78, 5) is 8.80. The van der Waals surface area contributed by atoms with Gasteiger partial charge in [0, 0.05) is 52.1 Å². The van der Waals surface area contributed by atoms with Crippen molar-refractivity contribution in [1.29, 1.82) is 0 Å². The van der Waals surface area contributed by atoms with Crippen molar-refractivity contribution < 1.29 is 8.42 Å². The maximum atomic E-state index is 12.8. The molecule has 0 saturated heterocycles. The van der Waals surface area contributed by atoms with Crippen LogP contribution in [-0.4, -0.2) is 22.4 Å². The Labute approximate surface area is 230 Å². The summed E-state index contributed by atoms with van der Waals surface area (Å²) in [6.07, 6.45) is 8.23. The maximum Gasteiger partial charge on any atom is 0.269 e. The van der Waals surface area contributed by atoms with E-state index in [0.29, 0.717) is 5.65 Å². The molecule has 1 aliphatic carbocycles. The molecule has 10 heteroatoms. The molecule has 0 atom stereocenters. The summed E-state index contributed by atoms with van der Waals surface area (Å²) in [5.74, 6) is 0. The fourth-order valence-electron chi connectivity index (χ4n) is 3.16. The Morgan fingerprint density at radius 3 is 2.38 bits per heavy atom. The second kappa shape index (κ2) is 9.80. The SMILES string of the molecule is Brc1cnc2c(c1)C(I)=CC2.Cc1ccc(S(=O)(=O)n2cc(I)c3cc(Br)cnc32)cc1. The molecule has 0 radical (unpaired) electrons. The summed E-state index contributed by atoms with van der Waals surface area (Å²) >= 11 is 11.2. The first-order chi connectivity index (χ1) is 15.2. The van der Waals surface area contributed by atoms with Crippen LogP contribution >= 0.6 is 77.0 Å². The van der Waals surface area contributed by atoms with Gasteiger partial charge >= 0.3 is 0 Å². The molecule has 32 heavy (non-hydrogen) atoms. The van der Waals surface area contributed by atoms with Crippen LogP contribution in [0, 0.1) is 10.5 Å². The molecular weight excluding hydrogens is 784 g/mol. The van der Waals surface area contributed by atoms with Crippen molar-refractivity contribution in [3.63, 3.8) is 0 Å². The molecule has 0 aliphatic heterocycles. The van der Waals surface area contributed by atoms with Gasteiger partial charge in [0.15, 0.2) is 5.65 Å². The molecule has 5 nitrogen and oxygen atoms in total. The topological polar surface area (TPSA) is 64.8 Å². The van der Waals surface area contributed by atoms with Crippen LogP contribution in [0.25, 0.3) is 14.6 Å². The van der Waals surface area contributed by atoms with E-state index >= 15 is 0 Å². The molecule has 1 aliphatic rings. The summed E-state index contributed by atoms with van der Waals surface area (Å²) in [6.45, 7) is 1.92. The molecule has 1 aromatic carbocycles. The maximum absolute atomic E-state index is 12.8. The zero-order chi connectivity index (χ0) is 23.0. The van der Waals surface area contributed by atoms with E-state index in [1.165, 1.54) is 18.8 Å². The van der Waals surface area contributed by atoms with E-state index in [4.69, 9.17) is 0 Å². The molecule has 3 heterocycles. The smallest absolute Gasteiger partial charge is 0.259 e. The monoisotopic (exact) mass is 797 g/mol. The Hall–Kier alpha value is -0.830. The fraction of sp³-hybridized carbons (Fsp3) is 0.0909. The Morgan fingerprint density at radius 2 is 1.66 bits per heavy atom. The van der Waals surface area contributed by atoms with Crippen molar-refractivity contribution in [2.75, 3.05) is 0 Å². The first kappa shape index (κ1) is 24.3. The van der Waals surface area contributed by atoms with Gasteiger partial charge in [0.1, 0.15) is 0 Å². The van der Waals surface area contributed by atoms with Gasteiger partial charge in [0.2, 0.25) is 0 Å². The van der Waals surface area contributed by atoms with E-state index < -0.39 is 10.0 Å². The molecule has 0 amide bonds. The van der Waals surface area contributed by atoms with Crippen LogP contribution in [0.3, 0.4) is 0 Å². The Morgan fingerprint density at radius 1 is 1.00 bits per heavy atom. The predicted molar refractivity (Wildman–Crippen MR) is 152 cm³/mol. The van der Waals surface area contributed by atoms with Crippen molar-refractivity contribution in [3.8, 4) is 0 Å². The van der Waals surface area contributed by atoms with Crippen molar-refractivity contribution in [3.05, 3.63) is 90.4 Å². The van der Waals surface area contributed by atoms with Crippen LogP contribution in [0.5, 0.6) is 0 Å². The van der Waals surface area contributed by atoms with Gasteiger partial charge in [-0.3, -0.25) is 4.98 Å². The van der Waals surface area contributed by atoms with Gasteiger partial charge in [0.25, 0.3) is 10.0 Å². The number of rotatable bonds is 2. The molecule has 0 saturated carbocycles. The number of pyridine rings is 2. The van der Waals surface area contributed by atoms with Crippen molar-refractivity contribution in [2.45, 2.75) is 18.2 Å². The summed E-state index contributed by atoms with van der Waals surface area (Å²) in [5, 5.41) is 0.806. The van der Waals surface area contributed by atoms with Crippen LogP contribution in [0.2, 0.25) is 0 Å². The quantitative estimate of drug-likeness (QED) is 0.203. The number of allylic oxidation sites excluding steroid dienone is 1. The van der Waals surface area contributed by atoms with E-state index in [-0.39, 0.29) is 4.90 Å². The van der Waals surface area contributed by atoms with Crippen LogP contribution in [0.15, 0.2) is 74.9 Å². The van der Waals surface area contributed by atoms with Gasteiger partial charge in [-0.25, -0.2) is 17.4 Å². The highest BCUT2D eigenvalue weighted by atomic mass is 127. The molecule has 0 N–H and O–H groups in total. The number of benzene rings is 1. The van der Waals surface area contributed by atoms with Gasteiger partial charge in [-0.1, -0.05) is 23.8 Å². The number of aromatic nitrogens is 3. The molecule has 0 unspecified atom stereocenters. The molecule has 0 fully saturated rings. The van der Waals surface area contributed by atoms with E-state index in [2.05, 4.69) is 99.2 Å². The van der Waals surface area contributed by atoms with Crippen LogP contribution in [0.4, 0.5) is 0 Å². The highest BCUT2D eigenvalue weighted by Gasteiger charge is 2.21. The Kier molecular flexibility index (Phi) is 7.45. The van der Waals surface area contributed by atoms with Crippen molar-refractivity contribution in [1.82, 2.24) is 13.9 Å². The third kappa shape index (κ3) is 4.98. The lowest BCUT2D eigenvalue weighted by Gasteiger charge is -2.07. The third-order valence-electron chi connectivity index (χ3n) is 4.78. The summed E-state index contributed by atoms with van der Waals surface area (Å²) < 4.78 is 30.8. The zero-order valence-corrected chi connectivity index (χ0v) is 24.9. The minimum Gasteiger partial charge on any atom is -0.259 e. The molecular formula is C22H15Br2I2N3O2S. The number of fused-ring (bicyclic) bond motifs is 2.